The van der Waals surface area contributed by atoms with E-state index in [0.29, 0.717) is 24.5 Å². The molecule has 4 heterocycles. The van der Waals surface area contributed by atoms with Gasteiger partial charge in [0.05, 0.1) is 0 Å². The maximum absolute atomic E-state index is 13.3. The van der Waals surface area contributed by atoms with Crippen molar-refractivity contribution in [3.8, 4) is 0 Å². The fourth-order valence-corrected chi connectivity index (χ4v) is 4.70. The van der Waals surface area contributed by atoms with Gasteiger partial charge in [-0.1, -0.05) is 32.0 Å². The molecule has 0 saturated carbocycles. The Morgan fingerprint density at radius 3 is 2.39 bits per heavy atom. The van der Waals surface area contributed by atoms with Crippen molar-refractivity contribution < 1.29 is 22.8 Å². The molecule has 1 aliphatic heterocycles. The first-order valence-electron chi connectivity index (χ1n) is 12.4. The average Bonchev–Trinajstić information content (AvgIpc) is 3.56. The molecule has 1 aliphatic rings. The van der Waals surface area contributed by atoms with Gasteiger partial charge in [-0.25, -0.2) is 4.98 Å². The average molecular weight is 525 g/mol. The molecular formula is C27H27F3N6O2. The van der Waals surface area contributed by atoms with Crippen molar-refractivity contribution in [1.29, 1.82) is 0 Å². The molecule has 38 heavy (non-hydrogen) atoms. The summed E-state index contributed by atoms with van der Waals surface area (Å²) in [7, 11) is 0. The predicted molar refractivity (Wildman–Crippen MR) is 135 cm³/mol. The molecule has 0 atom stereocenters. The number of nitrogens with one attached hydrogen (secondary N) is 2. The van der Waals surface area contributed by atoms with Crippen molar-refractivity contribution in [2.45, 2.75) is 44.7 Å². The zero-order valence-electron chi connectivity index (χ0n) is 20.9. The van der Waals surface area contributed by atoms with Crippen LogP contribution >= 0.6 is 0 Å². The Morgan fingerprint density at radius 2 is 1.76 bits per heavy atom. The molecule has 2 N–H and O–H groups in total. The summed E-state index contributed by atoms with van der Waals surface area (Å²) in [6.45, 7) is 5.33. The Morgan fingerprint density at radius 1 is 1.05 bits per heavy atom. The van der Waals surface area contributed by atoms with Gasteiger partial charge in [-0.05, 0) is 60.6 Å². The number of piperidine rings is 1. The molecule has 11 heteroatoms. The first-order chi connectivity index (χ1) is 18.1. The maximum Gasteiger partial charge on any atom is 0.431 e. The van der Waals surface area contributed by atoms with Crippen molar-refractivity contribution in [1.82, 2.24) is 24.5 Å². The van der Waals surface area contributed by atoms with Gasteiger partial charge in [0.15, 0.2) is 0 Å². The summed E-state index contributed by atoms with van der Waals surface area (Å²) < 4.78 is 40.6. The number of hydrogen-bond acceptors (Lipinski definition) is 4. The number of aromatic nitrogens is 4. The second-order valence-corrected chi connectivity index (χ2v) is 9.77. The molecule has 3 aromatic heterocycles. The lowest BCUT2D eigenvalue weighted by Gasteiger charge is -2.31. The lowest BCUT2D eigenvalue weighted by Crippen LogP contribution is -2.38. The van der Waals surface area contributed by atoms with Crippen molar-refractivity contribution in [3.63, 3.8) is 0 Å². The van der Waals surface area contributed by atoms with Crippen LogP contribution in [0.4, 0.5) is 18.9 Å². The van der Waals surface area contributed by atoms with Gasteiger partial charge in [-0.3, -0.25) is 19.1 Å². The number of imidazole rings is 1. The highest BCUT2D eigenvalue weighted by molar-refractivity contribution is 6.03. The molecule has 5 rings (SSSR count). The van der Waals surface area contributed by atoms with E-state index in [2.05, 4.69) is 20.5 Å². The highest BCUT2D eigenvalue weighted by Crippen LogP contribution is 2.31. The monoisotopic (exact) mass is 524 g/mol. The Labute approximate surface area is 216 Å². The number of amides is 2. The molecular weight excluding hydrogens is 497 g/mol. The van der Waals surface area contributed by atoms with Gasteiger partial charge >= 0.3 is 6.18 Å². The van der Waals surface area contributed by atoms with Crippen molar-refractivity contribution >= 4 is 23.1 Å². The van der Waals surface area contributed by atoms with Crippen molar-refractivity contribution in [3.05, 3.63) is 83.1 Å². The molecule has 0 radical (unpaired) electrons. The molecule has 0 aliphatic carbocycles. The van der Waals surface area contributed by atoms with Crippen LogP contribution in [0.25, 0.3) is 5.65 Å². The number of anilines is 1. The third kappa shape index (κ3) is 5.13. The van der Waals surface area contributed by atoms with Gasteiger partial charge in [-0.2, -0.15) is 18.3 Å². The standard InChI is InChI=1S/C27H27F3N6O2/c1-16(2)20-14-21(34-33-20)26(38)35-12-10-18(11-13-35)17-6-8-19(9-7-17)31-25(37)22-15-36-23(27(28,29)30)4-3-5-24(36)32-22/h3-9,14-16,18H,10-13H2,1-2H3,(H,31,37)(H,33,34). The van der Waals surface area contributed by atoms with E-state index in [1.165, 1.54) is 12.1 Å². The molecule has 0 spiro atoms. The van der Waals surface area contributed by atoms with Crippen molar-refractivity contribution in [2.75, 3.05) is 18.4 Å². The van der Waals surface area contributed by atoms with Gasteiger partial charge in [0.2, 0.25) is 0 Å². The van der Waals surface area contributed by atoms with Crippen LogP contribution in [0.3, 0.4) is 0 Å². The quantitative estimate of drug-likeness (QED) is 0.362. The zero-order chi connectivity index (χ0) is 27.0. The SMILES string of the molecule is CC(C)c1cc(C(=O)N2CCC(c3ccc(NC(=O)c4cn5c(C(F)(F)F)cccc5n4)cc3)CC2)n[nH]1. The summed E-state index contributed by atoms with van der Waals surface area (Å²) in [5, 5.41) is 9.79. The molecule has 1 saturated heterocycles. The first kappa shape index (κ1) is 25.5. The third-order valence-electron chi connectivity index (χ3n) is 6.88. The number of H-pyrrole nitrogens is 1. The molecule has 0 unspecified atom stereocenters. The molecule has 2 amide bonds. The topological polar surface area (TPSA) is 95.4 Å². The van der Waals surface area contributed by atoms with Crippen LogP contribution in [0.2, 0.25) is 0 Å². The Kier molecular flexibility index (Phi) is 6.68. The zero-order valence-corrected chi connectivity index (χ0v) is 20.9. The summed E-state index contributed by atoms with van der Waals surface area (Å²) >= 11 is 0. The van der Waals surface area contributed by atoms with Gasteiger partial charge in [-0.15, -0.1) is 0 Å². The fraction of sp³-hybridized carbons (Fsp3) is 0.333. The lowest BCUT2D eigenvalue weighted by molar-refractivity contribution is -0.142. The molecule has 8 nitrogen and oxygen atoms in total. The van der Waals surface area contributed by atoms with E-state index in [1.807, 2.05) is 36.9 Å². The van der Waals surface area contributed by atoms with Crippen LogP contribution in [0.15, 0.2) is 54.7 Å². The largest absolute Gasteiger partial charge is 0.431 e. The molecule has 1 fully saturated rings. The minimum atomic E-state index is -4.57. The number of nitrogens with zero attached hydrogens (tertiary/aromatic N) is 4. The van der Waals surface area contributed by atoms with Crippen LogP contribution in [0.1, 0.15) is 76.5 Å². The van der Waals surface area contributed by atoms with E-state index in [0.717, 1.165) is 40.8 Å². The minimum absolute atomic E-state index is 0.0396. The Hall–Kier alpha value is -4.15. The van der Waals surface area contributed by atoms with Gasteiger partial charge < -0.3 is 10.2 Å². The van der Waals surface area contributed by atoms with Crippen molar-refractivity contribution in [2.24, 2.45) is 0 Å². The van der Waals surface area contributed by atoms with E-state index in [-0.39, 0.29) is 29.1 Å². The number of carbonyl (C=O) groups excluding carboxylic acids is 2. The number of benzene rings is 1. The van der Waals surface area contributed by atoms with Crippen LogP contribution in [0.5, 0.6) is 0 Å². The molecule has 0 bridgehead atoms. The number of hydrogen-bond donors (Lipinski definition) is 2. The lowest BCUT2D eigenvalue weighted by atomic mass is 9.89. The molecule has 198 valence electrons. The number of likely N-dealkylation sites (tertiary alicyclic amines) is 1. The second-order valence-electron chi connectivity index (χ2n) is 9.77. The summed E-state index contributed by atoms with van der Waals surface area (Å²) in [5.74, 6) is -0.128. The number of aromatic amines is 1. The van der Waals surface area contributed by atoms with Crippen LogP contribution in [-0.4, -0.2) is 49.4 Å². The fourth-order valence-electron chi connectivity index (χ4n) is 4.70. The number of halogens is 3. The second kappa shape index (κ2) is 9.96. The summed E-state index contributed by atoms with van der Waals surface area (Å²) in [6, 6.07) is 12.8. The van der Waals surface area contributed by atoms with Crippen LogP contribution < -0.4 is 5.32 Å². The van der Waals surface area contributed by atoms with Crippen LogP contribution in [-0.2, 0) is 6.18 Å². The first-order valence-corrected chi connectivity index (χ1v) is 12.4. The van der Waals surface area contributed by atoms with E-state index >= 15 is 0 Å². The van der Waals surface area contributed by atoms with E-state index in [4.69, 9.17) is 0 Å². The third-order valence-corrected chi connectivity index (χ3v) is 6.88. The highest BCUT2D eigenvalue weighted by atomic mass is 19.4. The number of alkyl halides is 3. The number of rotatable bonds is 5. The van der Waals surface area contributed by atoms with Gasteiger partial charge in [0.25, 0.3) is 11.8 Å². The van der Waals surface area contributed by atoms with E-state index in [9.17, 15) is 22.8 Å². The van der Waals surface area contributed by atoms with Gasteiger partial charge in [0.1, 0.15) is 22.7 Å². The summed E-state index contributed by atoms with van der Waals surface area (Å²) in [4.78, 5) is 31.3. The van der Waals surface area contributed by atoms with Gasteiger partial charge in [0, 0.05) is 30.7 Å². The Bertz CT molecular complexity index is 1460. The number of fused-ring (bicyclic) bond motifs is 1. The number of carbonyl (C=O) groups is 2. The van der Waals surface area contributed by atoms with Crippen LogP contribution in [0, 0.1) is 0 Å². The molecule has 1 aromatic carbocycles. The predicted octanol–water partition coefficient (Wildman–Crippen LogP) is 5.47. The Balaban J connectivity index is 1.20. The summed E-state index contributed by atoms with van der Waals surface area (Å²) in [6.07, 6.45) is -1.86. The van der Waals surface area contributed by atoms with E-state index < -0.39 is 17.8 Å². The summed E-state index contributed by atoms with van der Waals surface area (Å²) in [5.41, 5.74) is 2.01. The normalized spacial score (nSPS) is 14.8. The van der Waals surface area contributed by atoms with E-state index in [1.54, 1.807) is 12.1 Å². The molecule has 4 aromatic rings. The minimum Gasteiger partial charge on any atom is -0.337 e. The smallest absolute Gasteiger partial charge is 0.337 e. The maximum atomic E-state index is 13.3. The highest BCUT2D eigenvalue weighted by Gasteiger charge is 2.33. The number of pyridine rings is 1.